The molecule has 96 valence electrons. The van der Waals surface area contributed by atoms with E-state index in [-0.39, 0.29) is 0 Å². The van der Waals surface area contributed by atoms with Gasteiger partial charge in [-0.3, -0.25) is 4.98 Å². The van der Waals surface area contributed by atoms with Gasteiger partial charge < -0.3 is 4.57 Å². The average Bonchev–Trinajstić information content (AvgIpc) is 3.07. The van der Waals surface area contributed by atoms with Crippen molar-refractivity contribution in [3.63, 3.8) is 0 Å². The van der Waals surface area contributed by atoms with Crippen LogP contribution in [-0.4, -0.2) is 19.7 Å². The summed E-state index contributed by atoms with van der Waals surface area (Å²) in [7, 11) is 2.00. The summed E-state index contributed by atoms with van der Waals surface area (Å²) in [5.41, 5.74) is 1.05. The molecule has 19 heavy (non-hydrogen) atoms. The van der Waals surface area contributed by atoms with Crippen molar-refractivity contribution < 1.29 is 0 Å². The van der Waals surface area contributed by atoms with E-state index in [1.165, 1.54) is 0 Å². The van der Waals surface area contributed by atoms with Crippen LogP contribution in [0, 0.1) is 0 Å². The van der Waals surface area contributed by atoms with Gasteiger partial charge in [0.25, 0.3) is 0 Å². The van der Waals surface area contributed by atoms with Crippen LogP contribution in [0.25, 0.3) is 10.7 Å². The molecule has 0 bridgehead atoms. The predicted molar refractivity (Wildman–Crippen MR) is 78.1 cm³/mol. The van der Waals surface area contributed by atoms with Crippen molar-refractivity contribution in [1.29, 1.82) is 0 Å². The highest BCUT2D eigenvalue weighted by Gasteiger charge is 2.11. The smallest absolute Gasteiger partial charge is 0.191 e. The van der Waals surface area contributed by atoms with Crippen molar-refractivity contribution in [2.24, 2.45) is 7.05 Å². The van der Waals surface area contributed by atoms with Crippen LogP contribution in [0.2, 0.25) is 0 Å². The molecule has 0 aromatic carbocycles. The lowest BCUT2D eigenvalue weighted by Crippen LogP contribution is -1.94. The second-order valence-corrected chi connectivity index (χ2v) is 5.84. The molecule has 0 aliphatic heterocycles. The van der Waals surface area contributed by atoms with Gasteiger partial charge >= 0.3 is 0 Å². The SMILES string of the molecule is Cn1c(SCc2ccccn2)nnc1-c1cccs1. The number of thioether (sulfide) groups is 1. The van der Waals surface area contributed by atoms with E-state index >= 15 is 0 Å². The highest BCUT2D eigenvalue weighted by molar-refractivity contribution is 7.98. The molecular formula is C13H12N4S2. The van der Waals surface area contributed by atoms with Crippen LogP contribution in [0.1, 0.15) is 5.69 Å². The summed E-state index contributed by atoms with van der Waals surface area (Å²) in [6, 6.07) is 10.0. The molecule has 6 heteroatoms. The van der Waals surface area contributed by atoms with Gasteiger partial charge in [0, 0.05) is 19.0 Å². The molecule has 0 N–H and O–H groups in total. The summed E-state index contributed by atoms with van der Waals surface area (Å²) >= 11 is 3.32. The van der Waals surface area contributed by atoms with E-state index in [1.807, 2.05) is 47.5 Å². The van der Waals surface area contributed by atoms with Gasteiger partial charge in [0.15, 0.2) is 11.0 Å². The summed E-state index contributed by atoms with van der Waals surface area (Å²) < 4.78 is 2.03. The number of thiophene rings is 1. The monoisotopic (exact) mass is 288 g/mol. The van der Waals surface area contributed by atoms with Gasteiger partial charge in [0.1, 0.15) is 0 Å². The van der Waals surface area contributed by atoms with Crippen LogP contribution in [-0.2, 0) is 12.8 Å². The van der Waals surface area contributed by atoms with Crippen LogP contribution in [0.3, 0.4) is 0 Å². The fourth-order valence-corrected chi connectivity index (χ4v) is 3.25. The van der Waals surface area contributed by atoms with Crippen LogP contribution in [0.15, 0.2) is 47.1 Å². The minimum atomic E-state index is 0.803. The Morgan fingerprint density at radius 3 is 2.89 bits per heavy atom. The molecule has 0 fully saturated rings. The summed E-state index contributed by atoms with van der Waals surface area (Å²) in [6.07, 6.45) is 1.81. The van der Waals surface area contributed by atoms with Crippen molar-refractivity contribution >= 4 is 23.1 Å². The average molecular weight is 288 g/mol. The van der Waals surface area contributed by atoms with Gasteiger partial charge in [-0.1, -0.05) is 23.9 Å². The Labute approximate surface area is 119 Å². The molecule has 3 aromatic rings. The number of hydrogen-bond donors (Lipinski definition) is 0. The van der Waals surface area contributed by atoms with Crippen molar-refractivity contribution in [2.45, 2.75) is 10.9 Å². The Hall–Kier alpha value is -1.66. The van der Waals surface area contributed by atoms with E-state index in [2.05, 4.69) is 21.2 Å². The fourth-order valence-electron chi connectivity index (χ4n) is 1.68. The van der Waals surface area contributed by atoms with E-state index in [0.717, 1.165) is 27.3 Å². The Kier molecular flexibility index (Phi) is 3.61. The largest absolute Gasteiger partial charge is 0.304 e. The first kappa shape index (κ1) is 12.4. The molecule has 0 spiro atoms. The van der Waals surface area contributed by atoms with E-state index < -0.39 is 0 Å². The second-order valence-electron chi connectivity index (χ2n) is 3.95. The molecule has 0 amide bonds. The zero-order valence-corrected chi connectivity index (χ0v) is 12.0. The van der Waals surface area contributed by atoms with Crippen LogP contribution >= 0.6 is 23.1 Å². The van der Waals surface area contributed by atoms with Gasteiger partial charge in [-0.15, -0.1) is 21.5 Å². The molecule has 3 aromatic heterocycles. The maximum Gasteiger partial charge on any atom is 0.191 e. The molecule has 0 saturated heterocycles. The molecule has 3 rings (SSSR count). The topological polar surface area (TPSA) is 43.6 Å². The number of hydrogen-bond acceptors (Lipinski definition) is 5. The highest BCUT2D eigenvalue weighted by Crippen LogP contribution is 2.27. The third-order valence-corrected chi connectivity index (χ3v) is 4.57. The Morgan fingerprint density at radius 1 is 1.21 bits per heavy atom. The zero-order valence-electron chi connectivity index (χ0n) is 10.4. The normalized spacial score (nSPS) is 10.8. The molecular weight excluding hydrogens is 276 g/mol. The number of nitrogens with zero attached hydrogens (tertiary/aromatic N) is 4. The first-order valence-electron chi connectivity index (χ1n) is 5.80. The predicted octanol–water partition coefficient (Wildman–Crippen LogP) is 3.23. The molecule has 0 aliphatic carbocycles. The molecule has 0 unspecified atom stereocenters. The number of aromatic nitrogens is 4. The number of rotatable bonds is 4. The minimum absolute atomic E-state index is 0.803. The second kappa shape index (κ2) is 5.54. The molecule has 3 heterocycles. The van der Waals surface area contributed by atoms with Gasteiger partial charge in [0.05, 0.1) is 10.6 Å². The highest BCUT2D eigenvalue weighted by atomic mass is 32.2. The van der Waals surface area contributed by atoms with E-state index in [0.29, 0.717) is 0 Å². The minimum Gasteiger partial charge on any atom is -0.304 e. The van der Waals surface area contributed by atoms with Crippen molar-refractivity contribution in [2.75, 3.05) is 0 Å². The quantitative estimate of drug-likeness (QED) is 0.691. The third kappa shape index (κ3) is 2.69. The molecule has 0 radical (unpaired) electrons. The van der Waals surface area contributed by atoms with Gasteiger partial charge in [0.2, 0.25) is 0 Å². The molecule has 0 atom stereocenters. The lowest BCUT2D eigenvalue weighted by molar-refractivity contribution is 0.794. The van der Waals surface area contributed by atoms with Crippen LogP contribution in [0.4, 0.5) is 0 Å². The Morgan fingerprint density at radius 2 is 2.16 bits per heavy atom. The lowest BCUT2D eigenvalue weighted by Gasteiger charge is -2.02. The Bertz CT molecular complexity index is 647. The lowest BCUT2D eigenvalue weighted by atomic mass is 10.4. The van der Waals surface area contributed by atoms with Gasteiger partial charge in [-0.2, -0.15) is 0 Å². The first-order valence-corrected chi connectivity index (χ1v) is 7.67. The zero-order chi connectivity index (χ0) is 13.1. The molecule has 0 aliphatic rings. The summed E-state index contributed by atoms with van der Waals surface area (Å²) in [5, 5.41) is 11.5. The van der Waals surface area contributed by atoms with Crippen molar-refractivity contribution in [3.8, 4) is 10.7 Å². The van der Waals surface area contributed by atoms with E-state index in [9.17, 15) is 0 Å². The molecule has 0 saturated carbocycles. The van der Waals surface area contributed by atoms with Crippen molar-refractivity contribution in [3.05, 3.63) is 47.6 Å². The third-order valence-electron chi connectivity index (χ3n) is 2.65. The first-order chi connectivity index (χ1) is 9.34. The van der Waals surface area contributed by atoms with Crippen LogP contribution in [0.5, 0.6) is 0 Å². The van der Waals surface area contributed by atoms with E-state index in [4.69, 9.17) is 0 Å². The fraction of sp³-hybridized carbons (Fsp3) is 0.154. The summed E-state index contributed by atoms with van der Waals surface area (Å²) in [6.45, 7) is 0. The summed E-state index contributed by atoms with van der Waals surface area (Å²) in [4.78, 5) is 5.44. The Balaban J connectivity index is 1.76. The standard InChI is InChI=1S/C13H12N4S2/c1-17-12(11-6-4-8-18-11)15-16-13(17)19-9-10-5-2-3-7-14-10/h2-8H,9H2,1H3. The van der Waals surface area contributed by atoms with Gasteiger partial charge in [-0.25, -0.2) is 0 Å². The van der Waals surface area contributed by atoms with Gasteiger partial charge in [-0.05, 0) is 23.6 Å². The summed E-state index contributed by atoms with van der Waals surface area (Å²) in [5.74, 6) is 1.72. The van der Waals surface area contributed by atoms with Crippen LogP contribution < -0.4 is 0 Å². The maximum atomic E-state index is 4.30. The van der Waals surface area contributed by atoms with E-state index in [1.54, 1.807) is 23.1 Å². The molecule has 4 nitrogen and oxygen atoms in total. The number of pyridine rings is 1. The van der Waals surface area contributed by atoms with Crippen molar-refractivity contribution in [1.82, 2.24) is 19.7 Å². The maximum absolute atomic E-state index is 4.30.